The van der Waals surface area contributed by atoms with Gasteiger partial charge in [-0.2, -0.15) is 13.2 Å². The van der Waals surface area contributed by atoms with Gasteiger partial charge in [-0.15, -0.1) is 0 Å². The molecule has 1 aromatic heterocycles. The summed E-state index contributed by atoms with van der Waals surface area (Å²) in [5.74, 6) is 0. The number of aromatic nitrogens is 1. The van der Waals surface area contributed by atoms with Gasteiger partial charge in [-0.05, 0) is 32.4 Å². The molecular weight excluding hydrogens is 299 g/mol. The van der Waals surface area contributed by atoms with Crippen LogP contribution >= 0.6 is 0 Å². The van der Waals surface area contributed by atoms with Gasteiger partial charge >= 0.3 is 12.3 Å². The van der Waals surface area contributed by atoms with Crippen molar-refractivity contribution in [1.82, 2.24) is 15.6 Å². The minimum absolute atomic E-state index is 0.277. The highest BCUT2D eigenvalue weighted by Crippen LogP contribution is 2.31. The Kier molecular flexibility index (Phi) is 4.32. The average molecular weight is 317 g/mol. The van der Waals surface area contributed by atoms with Crippen molar-refractivity contribution in [2.45, 2.75) is 45.1 Å². The number of nitrogens with one attached hydrogen (secondary N) is 2. The Morgan fingerprint density at radius 1 is 1.41 bits per heavy atom. The standard InChI is InChI=1S/C14H18F3N3O2/c1-13(2,3)22-12(21)20-10-7-18-5-8-4-9(14(15,16)17)6-19-11(8)10/h4,6,10,18H,5,7H2,1-3H3,(H,20,21)/t10-/m1/s1. The van der Waals surface area contributed by atoms with Crippen LogP contribution in [0.25, 0.3) is 0 Å². The van der Waals surface area contributed by atoms with Crippen LogP contribution in [0.5, 0.6) is 0 Å². The van der Waals surface area contributed by atoms with Crippen molar-refractivity contribution in [1.29, 1.82) is 0 Å². The van der Waals surface area contributed by atoms with E-state index in [0.717, 1.165) is 12.3 Å². The lowest BCUT2D eigenvalue weighted by molar-refractivity contribution is -0.137. The van der Waals surface area contributed by atoms with Crippen LogP contribution in [0, 0.1) is 0 Å². The van der Waals surface area contributed by atoms with Gasteiger partial charge in [0.05, 0.1) is 17.3 Å². The Balaban J connectivity index is 2.17. The zero-order valence-corrected chi connectivity index (χ0v) is 12.5. The van der Waals surface area contributed by atoms with Gasteiger partial charge in [-0.1, -0.05) is 0 Å². The van der Waals surface area contributed by atoms with E-state index in [1.165, 1.54) is 0 Å². The molecule has 22 heavy (non-hydrogen) atoms. The fraction of sp³-hybridized carbons (Fsp3) is 0.571. The first kappa shape index (κ1) is 16.5. The second-order valence-corrected chi connectivity index (χ2v) is 6.10. The number of ether oxygens (including phenoxy) is 1. The van der Waals surface area contributed by atoms with Crippen molar-refractivity contribution in [3.05, 3.63) is 29.1 Å². The Morgan fingerprint density at radius 2 is 2.09 bits per heavy atom. The van der Waals surface area contributed by atoms with Gasteiger partial charge < -0.3 is 15.4 Å². The van der Waals surface area contributed by atoms with E-state index >= 15 is 0 Å². The second kappa shape index (κ2) is 5.75. The minimum Gasteiger partial charge on any atom is -0.444 e. The summed E-state index contributed by atoms with van der Waals surface area (Å²) in [6.07, 6.45) is -4.28. The van der Waals surface area contributed by atoms with Crippen molar-refractivity contribution >= 4 is 6.09 Å². The van der Waals surface area contributed by atoms with Crippen molar-refractivity contribution < 1.29 is 22.7 Å². The number of pyridine rings is 1. The molecule has 1 aliphatic heterocycles. The van der Waals surface area contributed by atoms with E-state index in [1.807, 2.05) is 0 Å². The maximum Gasteiger partial charge on any atom is 0.417 e. The molecule has 0 aromatic carbocycles. The molecule has 0 spiro atoms. The molecule has 0 unspecified atom stereocenters. The molecule has 0 bridgehead atoms. The van der Waals surface area contributed by atoms with E-state index in [-0.39, 0.29) is 6.54 Å². The lowest BCUT2D eigenvalue weighted by Crippen LogP contribution is -2.42. The first-order valence-electron chi connectivity index (χ1n) is 6.82. The predicted molar refractivity (Wildman–Crippen MR) is 73.1 cm³/mol. The molecule has 0 saturated carbocycles. The van der Waals surface area contributed by atoms with Gasteiger partial charge in [0.15, 0.2) is 0 Å². The van der Waals surface area contributed by atoms with Gasteiger partial charge in [0.2, 0.25) is 0 Å². The van der Waals surface area contributed by atoms with Crippen LogP contribution in [-0.2, 0) is 17.5 Å². The average Bonchev–Trinajstić information content (AvgIpc) is 2.35. The van der Waals surface area contributed by atoms with Gasteiger partial charge in [0, 0.05) is 19.3 Å². The molecule has 2 heterocycles. The van der Waals surface area contributed by atoms with Crippen molar-refractivity contribution in [3.8, 4) is 0 Å². The molecule has 122 valence electrons. The monoisotopic (exact) mass is 317 g/mol. The van der Waals surface area contributed by atoms with E-state index in [2.05, 4.69) is 15.6 Å². The van der Waals surface area contributed by atoms with Gasteiger partial charge in [0.25, 0.3) is 0 Å². The highest BCUT2D eigenvalue weighted by atomic mass is 19.4. The zero-order valence-electron chi connectivity index (χ0n) is 12.5. The fourth-order valence-electron chi connectivity index (χ4n) is 2.15. The van der Waals surface area contributed by atoms with Crippen molar-refractivity contribution in [2.24, 2.45) is 0 Å². The number of alkyl halides is 3. The van der Waals surface area contributed by atoms with Crippen LogP contribution in [0.1, 0.15) is 43.6 Å². The summed E-state index contributed by atoms with van der Waals surface area (Å²) >= 11 is 0. The number of nitrogens with zero attached hydrogens (tertiary/aromatic N) is 1. The summed E-state index contributed by atoms with van der Waals surface area (Å²) in [6.45, 7) is 5.85. The summed E-state index contributed by atoms with van der Waals surface area (Å²) < 4.78 is 43.3. The minimum atomic E-state index is -4.44. The largest absolute Gasteiger partial charge is 0.444 e. The first-order valence-corrected chi connectivity index (χ1v) is 6.82. The molecule has 1 aliphatic rings. The van der Waals surface area contributed by atoms with Crippen LogP contribution in [0.4, 0.5) is 18.0 Å². The summed E-state index contributed by atoms with van der Waals surface area (Å²) in [4.78, 5) is 15.7. The third-order valence-electron chi connectivity index (χ3n) is 3.01. The number of hydrogen-bond acceptors (Lipinski definition) is 4. The molecule has 2 rings (SSSR count). The lowest BCUT2D eigenvalue weighted by Gasteiger charge is -2.28. The molecule has 1 amide bonds. The fourth-order valence-corrected chi connectivity index (χ4v) is 2.15. The topological polar surface area (TPSA) is 63.2 Å². The molecule has 1 atom stereocenters. The number of halogens is 3. The highest BCUT2D eigenvalue weighted by Gasteiger charge is 2.33. The van der Waals surface area contributed by atoms with Crippen LogP contribution in [0.3, 0.4) is 0 Å². The molecule has 5 nitrogen and oxygen atoms in total. The smallest absolute Gasteiger partial charge is 0.417 e. The van der Waals surface area contributed by atoms with E-state index in [0.29, 0.717) is 17.8 Å². The third kappa shape index (κ3) is 4.09. The molecule has 0 saturated heterocycles. The van der Waals surface area contributed by atoms with Crippen LogP contribution in [0.15, 0.2) is 12.3 Å². The van der Waals surface area contributed by atoms with Crippen LogP contribution in [-0.4, -0.2) is 23.2 Å². The van der Waals surface area contributed by atoms with Crippen LogP contribution in [0.2, 0.25) is 0 Å². The van der Waals surface area contributed by atoms with Gasteiger partial charge in [0.1, 0.15) is 5.60 Å². The molecule has 0 aliphatic carbocycles. The number of hydrogen-bond donors (Lipinski definition) is 2. The van der Waals surface area contributed by atoms with Crippen LogP contribution < -0.4 is 10.6 Å². The number of amides is 1. The second-order valence-electron chi connectivity index (χ2n) is 6.10. The number of fused-ring (bicyclic) bond motifs is 1. The molecule has 0 radical (unpaired) electrons. The quantitative estimate of drug-likeness (QED) is 0.836. The van der Waals surface area contributed by atoms with Crippen molar-refractivity contribution in [3.63, 3.8) is 0 Å². The van der Waals surface area contributed by atoms with Gasteiger partial charge in [-0.3, -0.25) is 4.98 Å². The number of rotatable bonds is 1. The van der Waals surface area contributed by atoms with E-state index in [9.17, 15) is 18.0 Å². The summed E-state index contributed by atoms with van der Waals surface area (Å²) in [5.41, 5.74) is -0.603. The van der Waals surface area contributed by atoms with Crippen molar-refractivity contribution in [2.75, 3.05) is 6.54 Å². The molecule has 1 aromatic rings. The normalized spacial score (nSPS) is 18.5. The number of carbonyl (C=O) groups is 1. The Bertz CT molecular complexity index is 567. The summed E-state index contributed by atoms with van der Waals surface area (Å²) in [7, 11) is 0. The Labute approximate surface area is 126 Å². The third-order valence-corrected chi connectivity index (χ3v) is 3.01. The van der Waals surface area contributed by atoms with E-state index < -0.39 is 29.5 Å². The summed E-state index contributed by atoms with van der Waals surface area (Å²) in [5, 5.41) is 5.58. The molecule has 0 fully saturated rings. The maximum absolute atomic E-state index is 12.7. The molecule has 2 N–H and O–H groups in total. The Morgan fingerprint density at radius 3 is 2.68 bits per heavy atom. The van der Waals surface area contributed by atoms with E-state index in [4.69, 9.17) is 4.74 Å². The number of carbonyl (C=O) groups excluding carboxylic acids is 1. The summed E-state index contributed by atoms with van der Waals surface area (Å²) in [6, 6.07) is 0.527. The molecule has 8 heteroatoms. The number of alkyl carbamates (subject to hydrolysis) is 1. The Hall–Kier alpha value is -1.83. The van der Waals surface area contributed by atoms with E-state index in [1.54, 1.807) is 20.8 Å². The first-order chi connectivity index (χ1) is 10.1. The SMILES string of the molecule is CC(C)(C)OC(=O)N[C@@H]1CNCc2cc(C(F)(F)F)cnc21. The van der Waals surface area contributed by atoms with Gasteiger partial charge in [-0.25, -0.2) is 4.79 Å². The lowest BCUT2D eigenvalue weighted by atomic mass is 10.0. The predicted octanol–water partition coefficient (Wildman–Crippen LogP) is 2.77. The maximum atomic E-state index is 12.7. The highest BCUT2D eigenvalue weighted by molar-refractivity contribution is 5.68. The zero-order chi connectivity index (χ0) is 16.5. The molecular formula is C14H18F3N3O2.